The Labute approximate surface area is 81.2 Å². The van der Waals surface area contributed by atoms with Crippen molar-refractivity contribution in [2.24, 2.45) is 5.41 Å². The van der Waals surface area contributed by atoms with Gasteiger partial charge in [0, 0.05) is 0 Å². The fourth-order valence-corrected chi connectivity index (χ4v) is 2.30. The van der Waals surface area contributed by atoms with Gasteiger partial charge in [-0.2, -0.15) is 8.42 Å². The average Bonchev–Trinajstić information content (AvgIpc) is 2.04. The number of aliphatic hydroxyl groups is 3. The highest BCUT2D eigenvalue weighted by Gasteiger charge is 2.62. The van der Waals surface area contributed by atoms with Crippen molar-refractivity contribution in [1.82, 2.24) is 0 Å². The Morgan fingerprint density at radius 3 is 1.71 bits per heavy atom. The summed E-state index contributed by atoms with van der Waals surface area (Å²) in [5.74, 6) is -1.72. The first kappa shape index (κ1) is 11.8. The van der Waals surface area contributed by atoms with Gasteiger partial charge < -0.3 is 15.3 Å². The molecular weight excluding hydrogens is 216 g/mol. The van der Waals surface area contributed by atoms with Gasteiger partial charge in [-0.3, -0.25) is 0 Å². The zero-order valence-electron chi connectivity index (χ0n) is 7.50. The lowest BCUT2D eigenvalue weighted by Crippen LogP contribution is -2.64. The fourth-order valence-electron chi connectivity index (χ4n) is 1.15. The number of rotatable bonds is 4. The number of aliphatic hydroxyl groups excluding tert-OH is 3. The van der Waals surface area contributed by atoms with Crippen LogP contribution in [0.2, 0.25) is 0 Å². The van der Waals surface area contributed by atoms with Crippen LogP contribution in [-0.4, -0.2) is 49.3 Å². The van der Waals surface area contributed by atoms with Crippen molar-refractivity contribution in [3.8, 4) is 0 Å². The second-order valence-electron chi connectivity index (χ2n) is 3.28. The third-order valence-corrected chi connectivity index (χ3v) is 3.44. The van der Waals surface area contributed by atoms with Gasteiger partial charge in [-0.15, -0.1) is 0 Å². The minimum absolute atomic E-state index is 0.661. The van der Waals surface area contributed by atoms with E-state index in [0.29, 0.717) is 0 Å². The molecule has 1 aliphatic rings. The lowest BCUT2D eigenvalue weighted by Gasteiger charge is -2.47. The van der Waals surface area contributed by atoms with Gasteiger partial charge in [-0.25, -0.2) is 8.37 Å². The Hall–Kier alpha value is -0.250. The van der Waals surface area contributed by atoms with E-state index in [2.05, 4.69) is 8.37 Å². The minimum atomic E-state index is -4.04. The Morgan fingerprint density at radius 2 is 1.50 bits per heavy atom. The van der Waals surface area contributed by atoms with Crippen LogP contribution in [0.25, 0.3) is 0 Å². The molecule has 0 aromatic carbocycles. The summed E-state index contributed by atoms with van der Waals surface area (Å²) < 4.78 is 30.1. The van der Waals surface area contributed by atoms with E-state index in [1.807, 2.05) is 0 Å². The molecule has 7 nitrogen and oxygen atoms in total. The van der Waals surface area contributed by atoms with E-state index in [1.54, 1.807) is 0 Å². The van der Waals surface area contributed by atoms with Crippen molar-refractivity contribution in [1.29, 1.82) is 0 Å². The highest BCUT2D eigenvalue weighted by Crippen LogP contribution is 2.44. The van der Waals surface area contributed by atoms with Crippen molar-refractivity contribution < 1.29 is 32.1 Å². The van der Waals surface area contributed by atoms with Gasteiger partial charge >= 0.3 is 10.4 Å². The summed E-state index contributed by atoms with van der Waals surface area (Å²) in [6.07, 6.45) is 0. The number of hydrogen-bond acceptors (Lipinski definition) is 7. The molecule has 1 heterocycles. The van der Waals surface area contributed by atoms with Gasteiger partial charge in [0.1, 0.15) is 0 Å². The molecular formula is C6H12O7S. The summed E-state index contributed by atoms with van der Waals surface area (Å²) in [7, 11) is -4.04. The van der Waals surface area contributed by atoms with Gasteiger partial charge in [0.25, 0.3) is 0 Å². The molecule has 14 heavy (non-hydrogen) atoms. The highest BCUT2D eigenvalue weighted by atomic mass is 32.3. The average molecular weight is 228 g/mol. The van der Waals surface area contributed by atoms with Crippen molar-refractivity contribution >= 4 is 10.4 Å². The molecule has 0 aromatic rings. The standard InChI is InChI=1S/C6H12O7S/c1-5(12-14(10,11)13-5)6(2-7,3-8)4-9/h7-9H,2-4H2,1H3. The SMILES string of the molecule is CC1(C(CO)(CO)CO)OS(=O)(=O)O1. The largest absolute Gasteiger partial charge is 0.405 e. The van der Waals surface area contributed by atoms with Crippen molar-refractivity contribution in [2.45, 2.75) is 12.7 Å². The van der Waals surface area contributed by atoms with Crippen molar-refractivity contribution in [2.75, 3.05) is 19.8 Å². The van der Waals surface area contributed by atoms with E-state index in [1.165, 1.54) is 6.92 Å². The van der Waals surface area contributed by atoms with Crippen molar-refractivity contribution in [3.05, 3.63) is 0 Å². The molecule has 0 bridgehead atoms. The van der Waals surface area contributed by atoms with E-state index >= 15 is 0 Å². The molecule has 1 aliphatic heterocycles. The van der Waals surface area contributed by atoms with E-state index in [0.717, 1.165) is 0 Å². The fraction of sp³-hybridized carbons (Fsp3) is 1.00. The van der Waals surface area contributed by atoms with Gasteiger partial charge in [-0.05, 0) is 6.92 Å². The smallest absolute Gasteiger partial charge is 0.395 e. The molecule has 0 aromatic heterocycles. The van der Waals surface area contributed by atoms with Crippen LogP contribution in [0.5, 0.6) is 0 Å². The number of hydrogen-bond donors (Lipinski definition) is 3. The quantitative estimate of drug-likeness (QED) is 0.508. The molecule has 0 spiro atoms. The van der Waals surface area contributed by atoms with E-state index in [4.69, 9.17) is 15.3 Å². The van der Waals surface area contributed by atoms with Crippen LogP contribution >= 0.6 is 0 Å². The molecule has 1 rings (SSSR count). The summed E-state index contributed by atoms with van der Waals surface area (Å²) in [5.41, 5.74) is -1.54. The van der Waals surface area contributed by atoms with Crippen LogP contribution in [0.3, 0.4) is 0 Å². The molecule has 0 saturated carbocycles. The minimum Gasteiger partial charge on any atom is -0.395 e. The Bertz CT molecular complexity index is 284. The van der Waals surface area contributed by atoms with Gasteiger partial charge in [0.2, 0.25) is 5.79 Å². The molecule has 0 radical (unpaired) electrons. The lowest BCUT2D eigenvalue weighted by molar-refractivity contribution is -0.276. The monoisotopic (exact) mass is 228 g/mol. The lowest BCUT2D eigenvalue weighted by atomic mass is 9.82. The van der Waals surface area contributed by atoms with Crippen molar-refractivity contribution in [3.63, 3.8) is 0 Å². The summed E-state index contributed by atoms with van der Waals surface area (Å²) in [6.45, 7) is -0.763. The van der Waals surface area contributed by atoms with E-state index in [-0.39, 0.29) is 0 Å². The molecule has 1 fully saturated rings. The molecule has 0 aliphatic carbocycles. The van der Waals surface area contributed by atoms with Crippen LogP contribution in [0, 0.1) is 5.41 Å². The summed E-state index contributed by atoms with van der Waals surface area (Å²) >= 11 is 0. The normalized spacial score (nSPS) is 24.3. The van der Waals surface area contributed by atoms with Crippen LogP contribution in [-0.2, 0) is 18.8 Å². The van der Waals surface area contributed by atoms with Gasteiger partial charge in [0.15, 0.2) is 0 Å². The maximum Gasteiger partial charge on any atom is 0.405 e. The first-order valence-corrected chi connectivity index (χ1v) is 5.17. The first-order chi connectivity index (χ1) is 6.35. The predicted molar refractivity (Wildman–Crippen MR) is 43.2 cm³/mol. The molecule has 84 valence electrons. The van der Waals surface area contributed by atoms with Crippen LogP contribution in [0.4, 0.5) is 0 Å². The third kappa shape index (κ3) is 1.53. The summed E-state index contributed by atoms with van der Waals surface area (Å²) in [4.78, 5) is 0. The third-order valence-electron chi connectivity index (χ3n) is 2.39. The predicted octanol–water partition coefficient (Wildman–Crippen LogP) is -2.04. The topological polar surface area (TPSA) is 113 Å². The van der Waals surface area contributed by atoms with Crippen LogP contribution in [0.15, 0.2) is 0 Å². The van der Waals surface area contributed by atoms with E-state index < -0.39 is 41.4 Å². The summed E-state index contributed by atoms with van der Waals surface area (Å²) in [5, 5.41) is 26.9. The Kier molecular flexibility index (Phi) is 2.87. The highest BCUT2D eigenvalue weighted by molar-refractivity contribution is 7.82. The maximum atomic E-state index is 10.6. The molecule has 0 unspecified atom stereocenters. The molecule has 8 heteroatoms. The van der Waals surface area contributed by atoms with Gasteiger partial charge in [0.05, 0.1) is 25.2 Å². The van der Waals surface area contributed by atoms with Gasteiger partial charge in [-0.1, -0.05) is 0 Å². The molecule has 3 N–H and O–H groups in total. The summed E-state index contributed by atoms with van der Waals surface area (Å²) in [6, 6.07) is 0. The molecule has 1 saturated heterocycles. The Morgan fingerprint density at radius 1 is 1.14 bits per heavy atom. The van der Waals surface area contributed by atoms with Crippen LogP contribution in [0.1, 0.15) is 6.92 Å². The molecule has 0 amide bonds. The van der Waals surface area contributed by atoms with Crippen LogP contribution < -0.4 is 0 Å². The first-order valence-electron chi connectivity index (χ1n) is 3.83. The zero-order chi connectivity index (χ0) is 11.0. The zero-order valence-corrected chi connectivity index (χ0v) is 8.32. The van der Waals surface area contributed by atoms with E-state index in [9.17, 15) is 8.42 Å². The second-order valence-corrected chi connectivity index (χ2v) is 4.43. The Balaban J connectivity index is 2.91. The molecule has 0 atom stereocenters. The second kappa shape index (κ2) is 3.40. The maximum absolute atomic E-state index is 10.6.